The Bertz CT molecular complexity index is 642. The Hall–Kier alpha value is -1.60. The van der Waals surface area contributed by atoms with E-state index in [4.69, 9.17) is 5.11 Å². The first-order chi connectivity index (χ1) is 9.79. The summed E-state index contributed by atoms with van der Waals surface area (Å²) in [5.74, 6) is -0.678. The minimum absolute atomic E-state index is 0.141. The molecular formula is C14H20N2O4S. The lowest BCUT2D eigenvalue weighted by molar-refractivity contribution is 0.0697. The zero-order valence-electron chi connectivity index (χ0n) is 12.2. The third kappa shape index (κ3) is 3.74. The Labute approximate surface area is 125 Å². The van der Waals surface area contributed by atoms with Gasteiger partial charge in [-0.3, -0.25) is 4.72 Å². The molecule has 0 aliphatic carbocycles. The maximum absolute atomic E-state index is 12.4. The molecule has 1 aromatic rings. The van der Waals surface area contributed by atoms with E-state index in [0.717, 1.165) is 12.8 Å². The second-order valence-electron chi connectivity index (χ2n) is 5.55. The van der Waals surface area contributed by atoms with Gasteiger partial charge < -0.3 is 5.11 Å². The molecule has 1 aliphatic heterocycles. The molecule has 6 nitrogen and oxygen atoms in total. The normalized spacial score (nSPS) is 20.2. The van der Waals surface area contributed by atoms with Gasteiger partial charge in [-0.25, -0.2) is 4.79 Å². The summed E-state index contributed by atoms with van der Waals surface area (Å²) in [4.78, 5) is 10.9. The summed E-state index contributed by atoms with van der Waals surface area (Å²) in [5.41, 5.74) is 1.14. The Morgan fingerprint density at radius 2 is 2.14 bits per heavy atom. The molecular weight excluding hydrogens is 292 g/mol. The lowest BCUT2D eigenvalue weighted by Crippen LogP contribution is -2.42. The first-order valence-electron chi connectivity index (χ1n) is 6.91. The predicted molar refractivity (Wildman–Crippen MR) is 80.7 cm³/mol. The molecule has 1 saturated heterocycles. The van der Waals surface area contributed by atoms with Crippen LogP contribution in [0.3, 0.4) is 0 Å². The van der Waals surface area contributed by atoms with Crippen molar-refractivity contribution in [3.8, 4) is 0 Å². The summed E-state index contributed by atoms with van der Waals surface area (Å²) in [5, 5.41) is 8.92. The summed E-state index contributed by atoms with van der Waals surface area (Å²) in [7, 11) is -3.59. The van der Waals surface area contributed by atoms with Gasteiger partial charge in [0.05, 0.1) is 11.3 Å². The number of hydrogen-bond acceptors (Lipinski definition) is 3. The lowest BCUT2D eigenvalue weighted by Gasteiger charge is -2.30. The van der Waals surface area contributed by atoms with Gasteiger partial charge in [0, 0.05) is 13.1 Å². The Morgan fingerprint density at radius 3 is 2.71 bits per heavy atom. The fourth-order valence-corrected chi connectivity index (χ4v) is 3.94. The monoisotopic (exact) mass is 312 g/mol. The maximum Gasteiger partial charge on any atom is 0.335 e. The number of nitrogens with one attached hydrogen (secondary N) is 1. The van der Waals surface area contributed by atoms with Crippen LogP contribution in [0.25, 0.3) is 0 Å². The van der Waals surface area contributed by atoms with E-state index in [1.54, 1.807) is 6.92 Å². The smallest absolute Gasteiger partial charge is 0.335 e. The number of benzene rings is 1. The van der Waals surface area contributed by atoms with Crippen LogP contribution < -0.4 is 4.72 Å². The zero-order chi connectivity index (χ0) is 15.6. The average Bonchev–Trinajstić information content (AvgIpc) is 2.40. The number of piperidine rings is 1. The standard InChI is InChI=1S/C14H20N2O4S/c1-10-4-3-7-16(9-10)21(19,20)15-13-6-5-12(14(17)18)8-11(13)2/h5-6,8,10,15H,3-4,7,9H2,1-2H3,(H,17,18). The number of hydrogen-bond donors (Lipinski definition) is 2. The molecule has 1 aliphatic rings. The fourth-order valence-electron chi connectivity index (χ4n) is 2.48. The number of carboxylic acid groups (broad SMARTS) is 1. The first kappa shape index (κ1) is 15.8. The summed E-state index contributed by atoms with van der Waals surface area (Å²) < 4.78 is 28.7. The van der Waals surface area contributed by atoms with E-state index in [1.807, 2.05) is 6.92 Å². The zero-order valence-corrected chi connectivity index (χ0v) is 13.0. The van der Waals surface area contributed by atoms with Gasteiger partial charge in [0.1, 0.15) is 0 Å². The molecule has 0 bridgehead atoms. The van der Waals surface area contributed by atoms with Crippen LogP contribution in [0.4, 0.5) is 5.69 Å². The summed E-state index contributed by atoms with van der Waals surface area (Å²) in [6.45, 7) is 4.76. The van der Waals surface area contributed by atoms with Crippen molar-refractivity contribution in [3.05, 3.63) is 29.3 Å². The number of carbonyl (C=O) groups is 1. The molecule has 1 unspecified atom stereocenters. The van der Waals surface area contributed by atoms with Crippen LogP contribution >= 0.6 is 0 Å². The molecule has 116 valence electrons. The van der Waals surface area contributed by atoms with Crippen LogP contribution in [0, 0.1) is 12.8 Å². The van der Waals surface area contributed by atoms with Gasteiger partial charge in [0.15, 0.2) is 0 Å². The largest absolute Gasteiger partial charge is 0.478 e. The minimum atomic E-state index is -3.59. The Kier molecular flexibility index (Phi) is 4.53. The van der Waals surface area contributed by atoms with Gasteiger partial charge in [-0.05, 0) is 49.4 Å². The van der Waals surface area contributed by atoms with E-state index in [0.29, 0.717) is 30.3 Å². The molecule has 7 heteroatoms. The van der Waals surface area contributed by atoms with Crippen molar-refractivity contribution in [2.24, 2.45) is 5.92 Å². The molecule has 1 atom stereocenters. The van der Waals surface area contributed by atoms with Gasteiger partial charge in [-0.2, -0.15) is 12.7 Å². The van der Waals surface area contributed by atoms with Crippen molar-refractivity contribution in [1.29, 1.82) is 0 Å². The molecule has 0 spiro atoms. The van der Waals surface area contributed by atoms with E-state index < -0.39 is 16.2 Å². The van der Waals surface area contributed by atoms with Gasteiger partial charge in [-0.1, -0.05) is 6.92 Å². The fraction of sp³-hybridized carbons (Fsp3) is 0.500. The lowest BCUT2D eigenvalue weighted by atomic mass is 10.0. The third-order valence-electron chi connectivity index (χ3n) is 3.67. The van der Waals surface area contributed by atoms with Gasteiger partial charge >= 0.3 is 16.2 Å². The highest BCUT2D eigenvalue weighted by atomic mass is 32.2. The topological polar surface area (TPSA) is 86.7 Å². The molecule has 0 aromatic heterocycles. The van der Waals surface area contributed by atoms with E-state index in [2.05, 4.69) is 4.72 Å². The molecule has 0 amide bonds. The van der Waals surface area contributed by atoms with Crippen molar-refractivity contribution in [2.45, 2.75) is 26.7 Å². The molecule has 2 N–H and O–H groups in total. The summed E-state index contributed by atoms with van der Waals surface area (Å²) in [6.07, 6.45) is 1.90. The van der Waals surface area contributed by atoms with Crippen molar-refractivity contribution in [3.63, 3.8) is 0 Å². The van der Waals surface area contributed by atoms with Crippen molar-refractivity contribution in [2.75, 3.05) is 17.8 Å². The Morgan fingerprint density at radius 1 is 1.43 bits per heavy atom. The van der Waals surface area contributed by atoms with Crippen molar-refractivity contribution < 1.29 is 18.3 Å². The highest BCUT2D eigenvalue weighted by molar-refractivity contribution is 7.90. The number of carboxylic acids is 1. The first-order valence-corrected chi connectivity index (χ1v) is 8.35. The van der Waals surface area contributed by atoms with Crippen LogP contribution in [0.15, 0.2) is 18.2 Å². The quantitative estimate of drug-likeness (QED) is 0.891. The maximum atomic E-state index is 12.4. The van der Waals surface area contributed by atoms with Crippen LogP contribution in [0.1, 0.15) is 35.7 Å². The SMILES string of the molecule is Cc1cc(C(=O)O)ccc1NS(=O)(=O)N1CCCC(C)C1. The highest BCUT2D eigenvalue weighted by Crippen LogP contribution is 2.22. The number of aromatic carboxylic acids is 1. The van der Waals surface area contributed by atoms with E-state index >= 15 is 0 Å². The van der Waals surface area contributed by atoms with E-state index in [1.165, 1.54) is 22.5 Å². The second kappa shape index (κ2) is 6.03. The van der Waals surface area contributed by atoms with Crippen molar-refractivity contribution >= 4 is 21.9 Å². The van der Waals surface area contributed by atoms with Crippen molar-refractivity contribution in [1.82, 2.24) is 4.31 Å². The molecule has 1 fully saturated rings. The van der Waals surface area contributed by atoms with Crippen LogP contribution in [0.5, 0.6) is 0 Å². The summed E-state index contributed by atoms with van der Waals surface area (Å²) >= 11 is 0. The van der Waals surface area contributed by atoms with Crippen LogP contribution in [0.2, 0.25) is 0 Å². The van der Waals surface area contributed by atoms with Crippen LogP contribution in [-0.2, 0) is 10.2 Å². The molecule has 0 saturated carbocycles. The summed E-state index contributed by atoms with van der Waals surface area (Å²) in [6, 6.07) is 4.34. The van der Waals surface area contributed by atoms with Gasteiger partial charge in [0.25, 0.3) is 0 Å². The average molecular weight is 312 g/mol. The van der Waals surface area contributed by atoms with E-state index in [9.17, 15) is 13.2 Å². The van der Waals surface area contributed by atoms with Gasteiger partial charge in [-0.15, -0.1) is 0 Å². The molecule has 2 rings (SSSR count). The molecule has 21 heavy (non-hydrogen) atoms. The minimum Gasteiger partial charge on any atom is -0.478 e. The van der Waals surface area contributed by atoms with Gasteiger partial charge in [0.2, 0.25) is 0 Å². The van der Waals surface area contributed by atoms with Crippen LogP contribution in [-0.4, -0.2) is 36.9 Å². The predicted octanol–water partition coefficient (Wildman–Crippen LogP) is 2.08. The number of aryl methyl sites for hydroxylation is 1. The highest BCUT2D eigenvalue weighted by Gasteiger charge is 2.27. The molecule has 0 radical (unpaired) electrons. The number of rotatable bonds is 4. The van der Waals surface area contributed by atoms with E-state index in [-0.39, 0.29) is 5.56 Å². The molecule has 1 heterocycles. The molecule has 1 aromatic carbocycles. The number of anilines is 1. The second-order valence-corrected chi connectivity index (χ2v) is 7.22. The third-order valence-corrected chi connectivity index (χ3v) is 5.16. The Balaban J connectivity index is 2.18. The number of nitrogens with zero attached hydrogens (tertiary/aromatic N) is 1.